The molecule has 0 spiro atoms. The van der Waals surface area contributed by atoms with Gasteiger partial charge in [-0.1, -0.05) is 6.07 Å². The zero-order chi connectivity index (χ0) is 14.7. The van der Waals surface area contributed by atoms with Crippen LogP contribution in [0.2, 0.25) is 0 Å². The average molecular weight is 406 g/mol. The summed E-state index contributed by atoms with van der Waals surface area (Å²) in [5, 5.41) is 4.09. The van der Waals surface area contributed by atoms with Gasteiger partial charge in [-0.15, -0.1) is 0 Å². The minimum atomic E-state index is -0.573. The van der Waals surface area contributed by atoms with Crippen molar-refractivity contribution in [3.63, 3.8) is 0 Å². The molecule has 0 aliphatic heterocycles. The third kappa shape index (κ3) is 2.99. The van der Waals surface area contributed by atoms with E-state index in [1.54, 1.807) is 13.2 Å². The maximum atomic E-state index is 13.9. The number of halogens is 3. The van der Waals surface area contributed by atoms with Crippen LogP contribution in [0.5, 0.6) is 0 Å². The molecule has 1 aromatic heterocycles. The molecule has 0 unspecified atom stereocenters. The van der Waals surface area contributed by atoms with Crippen molar-refractivity contribution in [3.05, 3.63) is 50.4 Å². The highest BCUT2D eigenvalue weighted by atomic mass is 79.9. The van der Waals surface area contributed by atoms with Crippen molar-refractivity contribution in [3.8, 4) is 0 Å². The fourth-order valence-corrected chi connectivity index (χ4v) is 2.77. The van der Waals surface area contributed by atoms with Crippen LogP contribution in [0, 0.1) is 5.82 Å². The summed E-state index contributed by atoms with van der Waals surface area (Å²) in [6, 6.07) is 4.41. The summed E-state index contributed by atoms with van der Waals surface area (Å²) in [5.41, 5.74) is 0.292. The number of ketones is 1. The van der Waals surface area contributed by atoms with E-state index in [4.69, 9.17) is 4.74 Å². The fraction of sp³-hybridized carbons (Fsp3) is 0.231. The van der Waals surface area contributed by atoms with E-state index in [0.29, 0.717) is 27.8 Å². The Labute approximate surface area is 132 Å². The molecule has 0 bridgehead atoms. The van der Waals surface area contributed by atoms with E-state index in [1.807, 2.05) is 0 Å². The highest BCUT2D eigenvalue weighted by molar-refractivity contribution is 9.10. The first-order chi connectivity index (χ1) is 9.56. The monoisotopic (exact) mass is 404 g/mol. The highest BCUT2D eigenvalue weighted by Gasteiger charge is 2.23. The molecule has 4 nitrogen and oxygen atoms in total. The van der Waals surface area contributed by atoms with Crippen molar-refractivity contribution in [1.82, 2.24) is 9.78 Å². The Kier molecular flexibility index (Phi) is 5.06. The van der Waals surface area contributed by atoms with Crippen molar-refractivity contribution in [2.75, 3.05) is 13.7 Å². The van der Waals surface area contributed by atoms with E-state index in [-0.39, 0.29) is 5.56 Å². The topological polar surface area (TPSA) is 44.1 Å². The van der Waals surface area contributed by atoms with Gasteiger partial charge in [-0.2, -0.15) is 5.10 Å². The lowest BCUT2D eigenvalue weighted by Gasteiger charge is -2.09. The predicted octanol–water partition coefficient (Wildman–Crippen LogP) is 3.42. The minimum Gasteiger partial charge on any atom is -0.383 e. The van der Waals surface area contributed by atoms with E-state index in [9.17, 15) is 9.18 Å². The van der Waals surface area contributed by atoms with Gasteiger partial charge in [0.25, 0.3) is 0 Å². The van der Waals surface area contributed by atoms with Gasteiger partial charge in [-0.3, -0.25) is 9.48 Å². The second-order valence-electron chi connectivity index (χ2n) is 3.98. The lowest BCUT2D eigenvalue weighted by atomic mass is 10.1. The van der Waals surface area contributed by atoms with Gasteiger partial charge < -0.3 is 4.74 Å². The Morgan fingerprint density at radius 3 is 2.80 bits per heavy atom. The molecule has 0 N–H and O–H groups in total. The molecule has 0 radical (unpaired) electrons. The smallest absolute Gasteiger partial charge is 0.216 e. The summed E-state index contributed by atoms with van der Waals surface area (Å²) in [5.74, 6) is -1.01. The molecule has 1 heterocycles. The normalized spacial score (nSPS) is 10.8. The molecule has 7 heteroatoms. The van der Waals surface area contributed by atoms with Crippen LogP contribution < -0.4 is 0 Å². The molecule has 20 heavy (non-hydrogen) atoms. The summed E-state index contributed by atoms with van der Waals surface area (Å²) in [6.07, 6.45) is 1.51. The van der Waals surface area contributed by atoms with Gasteiger partial charge in [0, 0.05) is 11.6 Å². The van der Waals surface area contributed by atoms with Crippen molar-refractivity contribution >= 4 is 37.6 Å². The van der Waals surface area contributed by atoms with Gasteiger partial charge >= 0.3 is 0 Å². The van der Waals surface area contributed by atoms with Crippen LogP contribution in [0.15, 0.2) is 33.3 Å². The third-order valence-corrected chi connectivity index (χ3v) is 3.95. The number of ether oxygens (including phenoxy) is 1. The quantitative estimate of drug-likeness (QED) is 0.716. The van der Waals surface area contributed by atoms with Crippen LogP contribution in [-0.2, 0) is 11.3 Å². The number of nitrogens with zero attached hydrogens (tertiary/aromatic N) is 2. The standard InChI is InChI=1S/C13H11Br2FN2O2/c1-20-6-5-18-12(9(15)7-17-18)13(19)11-8(14)3-2-4-10(11)16/h2-4,7H,5-6H2,1H3. The first-order valence-electron chi connectivity index (χ1n) is 5.75. The maximum absolute atomic E-state index is 13.9. The van der Waals surface area contributed by atoms with E-state index < -0.39 is 11.6 Å². The van der Waals surface area contributed by atoms with Gasteiger partial charge in [0.15, 0.2) is 0 Å². The van der Waals surface area contributed by atoms with Crippen LogP contribution in [-0.4, -0.2) is 29.3 Å². The van der Waals surface area contributed by atoms with E-state index in [2.05, 4.69) is 37.0 Å². The lowest BCUT2D eigenvalue weighted by Crippen LogP contribution is -2.16. The zero-order valence-electron chi connectivity index (χ0n) is 10.6. The molecule has 0 saturated carbocycles. The summed E-state index contributed by atoms with van der Waals surface area (Å²) < 4.78 is 21.3. The molecule has 0 amide bonds. The van der Waals surface area contributed by atoms with Crippen molar-refractivity contribution in [2.45, 2.75) is 6.54 Å². The number of hydrogen-bond acceptors (Lipinski definition) is 3. The van der Waals surface area contributed by atoms with Crippen molar-refractivity contribution in [2.24, 2.45) is 0 Å². The molecule has 2 rings (SSSR count). The highest BCUT2D eigenvalue weighted by Crippen LogP contribution is 2.26. The molecule has 0 fully saturated rings. The first-order valence-corrected chi connectivity index (χ1v) is 7.33. The molecule has 2 aromatic rings. The zero-order valence-corrected chi connectivity index (χ0v) is 13.7. The largest absolute Gasteiger partial charge is 0.383 e. The van der Waals surface area contributed by atoms with E-state index in [0.717, 1.165) is 0 Å². The SMILES string of the molecule is COCCn1ncc(Br)c1C(=O)c1c(F)cccc1Br. The molecule has 0 aliphatic carbocycles. The number of rotatable bonds is 5. The van der Waals surface area contributed by atoms with Crippen LogP contribution in [0.4, 0.5) is 4.39 Å². The number of carbonyl (C=O) groups excluding carboxylic acids is 1. The number of methoxy groups -OCH3 is 1. The second-order valence-corrected chi connectivity index (χ2v) is 5.69. The fourth-order valence-electron chi connectivity index (χ4n) is 1.77. The number of carbonyl (C=O) groups is 1. The average Bonchev–Trinajstić information content (AvgIpc) is 2.77. The minimum absolute atomic E-state index is 0.00707. The number of hydrogen-bond donors (Lipinski definition) is 0. The Morgan fingerprint density at radius 2 is 2.15 bits per heavy atom. The summed E-state index contributed by atoms with van der Waals surface area (Å²) in [4.78, 5) is 12.6. The van der Waals surface area contributed by atoms with Gasteiger partial charge in [0.05, 0.1) is 29.4 Å². The Hall–Kier alpha value is -1.05. The Balaban J connectivity index is 2.46. The Morgan fingerprint density at radius 1 is 1.40 bits per heavy atom. The van der Waals surface area contributed by atoms with Crippen LogP contribution in [0.1, 0.15) is 16.1 Å². The molecule has 0 saturated heterocycles. The summed E-state index contributed by atoms with van der Waals surface area (Å²) >= 11 is 6.48. The number of benzene rings is 1. The van der Waals surface area contributed by atoms with Gasteiger partial charge in [0.1, 0.15) is 11.5 Å². The molecule has 106 valence electrons. The van der Waals surface area contributed by atoms with Gasteiger partial charge in [-0.05, 0) is 44.0 Å². The maximum Gasteiger partial charge on any atom is 0.216 e. The first kappa shape index (κ1) is 15.3. The van der Waals surface area contributed by atoms with Crippen LogP contribution in [0.3, 0.4) is 0 Å². The van der Waals surface area contributed by atoms with Gasteiger partial charge in [-0.25, -0.2) is 4.39 Å². The van der Waals surface area contributed by atoms with E-state index in [1.165, 1.54) is 23.0 Å². The summed E-state index contributed by atoms with van der Waals surface area (Å²) in [6.45, 7) is 0.822. The third-order valence-electron chi connectivity index (χ3n) is 2.71. The van der Waals surface area contributed by atoms with Crippen LogP contribution >= 0.6 is 31.9 Å². The molecule has 0 atom stereocenters. The summed E-state index contributed by atoms with van der Waals surface area (Å²) in [7, 11) is 1.56. The second kappa shape index (κ2) is 6.60. The van der Waals surface area contributed by atoms with Gasteiger partial charge in [0.2, 0.25) is 5.78 Å². The lowest BCUT2D eigenvalue weighted by molar-refractivity contribution is 0.102. The van der Waals surface area contributed by atoms with E-state index >= 15 is 0 Å². The number of aromatic nitrogens is 2. The molecular formula is C13H11Br2FN2O2. The predicted molar refractivity (Wildman–Crippen MR) is 79.3 cm³/mol. The molecular weight excluding hydrogens is 395 g/mol. The van der Waals surface area contributed by atoms with Crippen molar-refractivity contribution < 1.29 is 13.9 Å². The molecule has 1 aromatic carbocycles. The van der Waals surface area contributed by atoms with Crippen molar-refractivity contribution in [1.29, 1.82) is 0 Å². The Bertz CT molecular complexity index is 623. The molecule has 0 aliphatic rings. The van der Waals surface area contributed by atoms with Crippen LogP contribution in [0.25, 0.3) is 0 Å².